The number of ether oxygens (including phenoxy) is 1. The average molecular weight is 367 g/mol. The van der Waals surface area contributed by atoms with Gasteiger partial charge in [-0.2, -0.15) is 0 Å². The highest BCUT2D eigenvalue weighted by atomic mass is 35.5. The fraction of sp³-hybridized carbons (Fsp3) is 0.562. The number of hydrogen-bond acceptors (Lipinski definition) is 3. The number of nitrogens with one attached hydrogen (secondary N) is 1. The lowest BCUT2D eigenvalue weighted by atomic mass is 10.0. The van der Waals surface area contributed by atoms with Crippen molar-refractivity contribution >= 4 is 18.3 Å². The summed E-state index contributed by atoms with van der Waals surface area (Å²) in [6.45, 7) is 1.35. The monoisotopic (exact) mass is 366 g/mol. The van der Waals surface area contributed by atoms with Gasteiger partial charge in [0.1, 0.15) is 5.75 Å². The summed E-state index contributed by atoms with van der Waals surface area (Å²) in [6.07, 6.45) is -2.36. The number of para-hydroxylation sites is 1. The number of halogens is 4. The predicted octanol–water partition coefficient (Wildman–Crippen LogP) is 3.15. The second-order valence-electron chi connectivity index (χ2n) is 5.62. The van der Waals surface area contributed by atoms with Crippen LogP contribution in [0, 0.1) is 0 Å². The third-order valence-electron chi connectivity index (χ3n) is 3.99. The van der Waals surface area contributed by atoms with Gasteiger partial charge in [-0.15, -0.1) is 25.6 Å². The summed E-state index contributed by atoms with van der Waals surface area (Å²) in [5.41, 5.74) is 0.389. The maximum atomic E-state index is 12.4. The molecule has 1 aromatic rings. The van der Waals surface area contributed by atoms with Crippen LogP contribution in [0.25, 0.3) is 0 Å². The molecule has 0 bridgehead atoms. The molecule has 1 atom stereocenters. The van der Waals surface area contributed by atoms with E-state index in [1.807, 2.05) is 7.05 Å². The van der Waals surface area contributed by atoms with Crippen LogP contribution in [0.15, 0.2) is 24.3 Å². The lowest BCUT2D eigenvalue weighted by Crippen LogP contribution is -2.47. The molecule has 1 amide bonds. The fourth-order valence-electron chi connectivity index (χ4n) is 2.77. The van der Waals surface area contributed by atoms with E-state index in [0.717, 1.165) is 12.8 Å². The van der Waals surface area contributed by atoms with E-state index in [4.69, 9.17) is 0 Å². The molecular weight excluding hydrogens is 345 g/mol. The molecule has 1 N–H and O–H groups in total. The molecule has 0 radical (unpaired) electrons. The number of piperidine rings is 1. The normalized spacial score (nSPS) is 18.0. The molecule has 1 aliphatic heterocycles. The van der Waals surface area contributed by atoms with Crippen molar-refractivity contribution in [3.8, 4) is 5.75 Å². The summed E-state index contributed by atoms with van der Waals surface area (Å²) in [6, 6.07) is 6.23. The number of nitrogens with zero attached hydrogens (tertiary/aromatic N) is 1. The van der Waals surface area contributed by atoms with Crippen LogP contribution in [-0.4, -0.2) is 43.3 Å². The van der Waals surface area contributed by atoms with Crippen LogP contribution in [0.2, 0.25) is 0 Å². The first-order chi connectivity index (χ1) is 10.9. The summed E-state index contributed by atoms with van der Waals surface area (Å²) in [5, 5.41) is 3.16. The van der Waals surface area contributed by atoms with Gasteiger partial charge in [-0.05, 0) is 37.9 Å². The third kappa shape index (κ3) is 6.20. The highest BCUT2D eigenvalue weighted by Gasteiger charge is 2.32. The van der Waals surface area contributed by atoms with Crippen LogP contribution in [0.4, 0.5) is 13.2 Å². The maximum absolute atomic E-state index is 12.4. The van der Waals surface area contributed by atoms with Crippen molar-refractivity contribution in [1.82, 2.24) is 10.2 Å². The SMILES string of the molecule is CNC1CCCN(C(=O)CCc2ccccc2OC(F)(F)F)C1.Cl. The lowest BCUT2D eigenvalue weighted by Gasteiger charge is -2.32. The van der Waals surface area contributed by atoms with E-state index < -0.39 is 6.36 Å². The molecule has 2 rings (SSSR count). The molecule has 1 heterocycles. The molecule has 0 saturated carbocycles. The molecule has 1 unspecified atom stereocenters. The van der Waals surface area contributed by atoms with Crippen molar-refractivity contribution in [2.75, 3.05) is 20.1 Å². The van der Waals surface area contributed by atoms with Crippen LogP contribution < -0.4 is 10.1 Å². The van der Waals surface area contributed by atoms with E-state index in [2.05, 4.69) is 10.1 Å². The second kappa shape index (κ2) is 9.13. The molecule has 24 heavy (non-hydrogen) atoms. The fourth-order valence-corrected chi connectivity index (χ4v) is 2.77. The van der Waals surface area contributed by atoms with Gasteiger partial charge in [-0.3, -0.25) is 4.79 Å². The van der Waals surface area contributed by atoms with Gasteiger partial charge in [0, 0.05) is 25.6 Å². The summed E-state index contributed by atoms with van der Waals surface area (Å²) in [7, 11) is 1.86. The lowest BCUT2D eigenvalue weighted by molar-refractivity contribution is -0.274. The van der Waals surface area contributed by atoms with Crippen molar-refractivity contribution in [3.05, 3.63) is 29.8 Å². The highest BCUT2D eigenvalue weighted by molar-refractivity contribution is 5.85. The summed E-state index contributed by atoms with van der Waals surface area (Å²) in [4.78, 5) is 14.0. The Morgan fingerprint density at radius 3 is 2.75 bits per heavy atom. The van der Waals surface area contributed by atoms with E-state index in [0.29, 0.717) is 18.7 Å². The average Bonchev–Trinajstić information content (AvgIpc) is 2.52. The smallest absolute Gasteiger partial charge is 0.406 e. The topological polar surface area (TPSA) is 41.6 Å². The Hall–Kier alpha value is -1.47. The maximum Gasteiger partial charge on any atom is 0.573 e. The van der Waals surface area contributed by atoms with Gasteiger partial charge in [0.25, 0.3) is 0 Å². The van der Waals surface area contributed by atoms with Crippen molar-refractivity contribution in [2.24, 2.45) is 0 Å². The molecule has 0 aliphatic carbocycles. The first-order valence-corrected chi connectivity index (χ1v) is 7.68. The second-order valence-corrected chi connectivity index (χ2v) is 5.62. The molecule has 0 aromatic heterocycles. The van der Waals surface area contributed by atoms with E-state index in [-0.39, 0.29) is 42.9 Å². The molecule has 1 aliphatic rings. The quantitative estimate of drug-likeness (QED) is 0.870. The van der Waals surface area contributed by atoms with Gasteiger partial charge in [0.15, 0.2) is 0 Å². The molecule has 4 nitrogen and oxygen atoms in total. The number of hydrogen-bond donors (Lipinski definition) is 1. The summed E-state index contributed by atoms with van der Waals surface area (Å²) >= 11 is 0. The number of likely N-dealkylation sites (tertiary alicyclic amines) is 1. The Kier molecular flexibility index (Phi) is 7.83. The Morgan fingerprint density at radius 1 is 1.38 bits per heavy atom. The molecule has 1 aromatic carbocycles. The van der Waals surface area contributed by atoms with Crippen molar-refractivity contribution in [1.29, 1.82) is 0 Å². The number of amides is 1. The largest absolute Gasteiger partial charge is 0.573 e. The van der Waals surface area contributed by atoms with E-state index in [9.17, 15) is 18.0 Å². The molecule has 1 saturated heterocycles. The zero-order valence-corrected chi connectivity index (χ0v) is 14.3. The van der Waals surface area contributed by atoms with Crippen molar-refractivity contribution in [3.63, 3.8) is 0 Å². The Labute approximate surface area is 145 Å². The predicted molar refractivity (Wildman–Crippen MR) is 87.4 cm³/mol. The first-order valence-electron chi connectivity index (χ1n) is 7.68. The standard InChI is InChI=1S/C16H21F3N2O2.ClH/c1-20-13-6-4-10-21(11-13)15(22)9-8-12-5-2-3-7-14(12)23-16(17,18)19;/h2-3,5,7,13,20H,4,6,8-11H2,1H3;1H. The zero-order valence-electron chi connectivity index (χ0n) is 13.4. The van der Waals surface area contributed by atoms with E-state index >= 15 is 0 Å². The van der Waals surface area contributed by atoms with Gasteiger partial charge in [-0.1, -0.05) is 18.2 Å². The number of carbonyl (C=O) groups is 1. The Bertz CT molecular complexity index is 540. The zero-order chi connectivity index (χ0) is 16.9. The van der Waals surface area contributed by atoms with Crippen LogP contribution in [0.1, 0.15) is 24.8 Å². The number of aryl methyl sites for hydroxylation is 1. The Balaban J connectivity index is 0.00000288. The van der Waals surface area contributed by atoms with Crippen LogP contribution in [0.5, 0.6) is 5.75 Å². The number of likely N-dealkylation sites (N-methyl/N-ethyl adjacent to an activating group) is 1. The number of carbonyl (C=O) groups excluding carboxylic acids is 1. The Morgan fingerprint density at radius 2 is 2.08 bits per heavy atom. The van der Waals surface area contributed by atoms with Crippen LogP contribution >= 0.6 is 12.4 Å². The molecule has 136 valence electrons. The summed E-state index contributed by atoms with van der Waals surface area (Å²) in [5.74, 6) is -0.272. The number of benzene rings is 1. The van der Waals surface area contributed by atoms with Crippen molar-refractivity contribution in [2.45, 2.75) is 38.1 Å². The van der Waals surface area contributed by atoms with Gasteiger partial charge >= 0.3 is 6.36 Å². The molecule has 1 fully saturated rings. The molecule has 8 heteroatoms. The van der Waals surface area contributed by atoms with Crippen molar-refractivity contribution < 1.29 is 22.7 Å². The number of alkyl halides is 3. The minimum atomic E-state index is -4.73. The third-order valence-corrected chi connectivity index (χ3v) is 3.99. The molecule has 0 spiro atoms. The first kappa shape index (κ1) is 20.6. The minimum absolute atomic E-state index is 0. The van der Waals surface area contributed by atoms with E-state index in [1.54, 1.807) is 17.0 Å². The van der Waals surface area contributed by atoms with Crippen LogP contribution in [0.3, 0.4) is 0 Å². The highest BCUT2D eigenvalue weighted by Crippen LogP contribution is 2.27. The van der Waals surface area contributed by atoms with Gasteiger partial charge < -0.3 is 15.0 Å². The van der Waals surface area contributed by atoms with E-state index in [1.165, 1.54) is 12.1 Å². The van der Waals surface area contributed by atoms with Gasteiger partial charge in [0.05, 0.1) is 0 Å². The number of rotatable bonds is 5. The van der Waals surface area contributed by atoms with Gasteiger partial charge in [-0.25, -0.2) is 0 Å². The summed E-state index contributed by atoms with van der Waals surface area (Å²) < 4.78 is 41.2. The molecular formula is C16H22ClF3N2O2. The minimum Gasteiger partial charge on any atom is -0.406 e. The van der Waals surface area contributed by atoms with Crippen LogP contribution in [-0.2, 0) is 11.2 Å². The van der Waals surface area contributed by atoms with Gasteiger partial charge in [0.2, 0.25) is 5.91 Å².